The molecule has 3 heteroatoms. The largest absolute Gasteiger partial charge is 0.454 e. The van der Waals surface area contributed by atoms with Crippen LogP contribution in [0.4, 0.5) is 0 Å². The highest BCUT2D eigenvalue weighted by atomic mass is 32.1. The lowest BCUT2D eigenvalue weighted by atomic mass is 10.0. The summed E-state index contributed by atoms with van der Waals surface area (Å²) in [4.78, 5) is 0. The first kappa shape index (κ1) is 21.1. The Morgan fingerprint density at radius 3 is 2.13 bits per heavy atom. The molecule has 2 nitrogen and oxygen atoms in total. The molecule has 9 aromatic rings. The number of nitrogens with zero attached hydrogens (tertiary/aromatic N) is 1. The average Bonchev–Trinajstić information content (AvgIpc) is 3.67. The molecular formula is C36H21NOS. The molecule has 182 valence electrons. The summed E-state index contributed by atoms with van der Waals surface area (Å²) in [5, 5.41) is 7.48. The molecule has 0 radical (unpaired) electrons. The van der Waals surface area contributed by atoms with E-state index in [0.29, 0.717) is 0 Å². The van der Waals surface area contributed by atoms with Crippen molar-refractivity contribution in [2.24, 2.45) is 0 Å². The number of benzene rings is 6. The maximum absolute atomic E-state index is 6.49. The summed E-state index contributed by atoms with van der Waals surface area (Å²) in [6.45, 7) is 0. The van der Waals surface area contributed by atoms with Gasteiger partial charge in [0.15, 0.2) is 5.58 Å². The van der Waals surface area contributed by atoms with Crippen LogP contribution in [-0.2, 0) is 0 Å². The lowest BCUT2D eigenvalue weighted by molar-refractivity contribution is 0.666. The molecule has 9 rings (SSSR count). The van der Waals surface area contributed by atoms with Crippen molar-refractivity contribution in [1.82, 2.24) is 4.57 Å². The van der Waals surface area contributed by atoms with Crippen molar-refractivity contribution < 1.29 is 4.42 Å². The second-order valence-electron chi connectivity index (χ2n) is 10.1. The van der Waals surface area contributed by atoms with Gasteiger partial charge in [-0.25, -0.2) is 0 Å². The van der Waals surface area contributed by atoms with Crippen LogP contribution in [-0.4, -0.2) is 4.57 Å². The Balaban J connectivity index is 1.43. The predicted molar refractivity (Wildman–Crippen MR) is 166 cm³/mol. The Morgan fingerprint density at radius 2 is 1.21 bits per heavy atom. The first-order valence-electron chi connectivity index (χ1n) is 13.2. The van der Waals surface area contributed by atoms with E-state index in [4.69, 9.17) is 4.42 Å². The van der Waals surface area contributed by atoms with E-state index in [1.807, 2.05) is 17.4 Å². The zero-order valence-electron chi connectivity index (χ0n) is 20.9. The van der Waals surface area contributed by atoms with Crippen molar-refractivity contribution in [3.63, 3.8) is 0 Å². The smallest absolute Gasteiger partial charge is 0.159 e. The maximum atomic E-state index is 6.49. The van der Waals surface area contributed by atoms with Crippen LogP contribution in [0.2, 0.25) is 0 Å². The number of aromatic nitrogens is 1. The van der Waals surface area contributed by atoms with Gasteiger partial charge in [-0.1, -0.05) is 103 Å². The Hall–Kier alpha value is -4.86. The highest BCUT2D eigenvalue weighted by Gasteiger charge is 2.20. The first-order valence-corrected chi connectivity index (χ1v) is 14.0. The third kappa shape index (κ3) is 2.85. The third-order valence-corrected chi connectivity index (χ3v) is 9.28. The minimum absolute atomic E-state index is 0.918. The van der Waals surface area contributed by atoms with Crippen molar-refractivity contribution in [2.45, 2.75) is 0 Å². The molecule has 0 aliphatic rings. The Morgan fingerprint density at radius 1 is 0.487 bits per heavy atom. The van der Waals surface area contributed by atoms with Gasteiger partial charge < -0.3 is 8.98 Å². The van der Waals surface area contributed by atoms with Gasteiger partial charge in [-0.3, -0.25) is 0 Å². The number of hydrogen-bond acceptors (Lipinski definition) is 2. The van der Waals surface area contributed by atoms with E-state index in [2.05, 4.69) is 126 Å². The molecule has 0 atom stereocenters. The second-order valence-corrected chi connectivity index (χ2v) is 11.1. The molecule has 6 aromatic carbocycles. The molecule has 0 amide bonds. The van der Waals surface area contributed by atoms with E-state index in [0.717, 1.165) is 27.6 Å². The van der Waals surface area contributed by atoms with Crippen molar-refractivity contribution in [3.05, 3.63) is 127 Å². The molecule has 0 bridgehead atoms. The van der Waals surface area contributed by atoms with Crippen LogP contribution < -0.4 is 0 Å². The molecular weight excluding hydrogens is 494 g/mol. The topological polar surface area (TPSA) is 18.1 Å². The molecule has 0 saturated heterocycles. The molecule has 0 aliphatic heterocycles. The van der Waals surface area contributed by atoms with Crippen LogP contribution in [0.5, 0.6) is 0 Å². The lowest BCUT2D eigenvalue weighted by Crippen LogP contribution is -1.94. The monoisotopic (exact) mass is 515 g/mol. The minimum Gasteiger partial charge on any atom is -0.454 e. The van der Waals surface area contributed by atoms with Gasteiger partial charge >= 0.3 is 0 Å². The molecule has 0 saturated carbocycles. The van der Waals surface area contributed by atoms with E-state index in [9.17, 15) is 0 Å². The fourth-order valence-electron chi connectivity index (χ4n) is 6.32. The second kappa shape index (κ2) is 7.83. The van der Waals surface area contributed by atoms with Crippen LogP contribution in [0.3, 0.4) is 0 Å². The van der Waals surface area contributed by atoms with E-state index in [1.165, 1.54) is 53.1 Å². The van der Waals surface area contributed by atoms with E-state index < -0.39 is 0 Å². The average molecular weight is 516 g/mol. The summed E-state index contributed by atoms with van der Waals surface area (Å²) in [5.74, 6) is 0. The van der Waals surface area contributed by atoms with E-state index in [1.54, 1.807) is 0 Å². The number of hydrogen-bond donors (Lipinski definition) is 0. The molecule has 39 heavy (non-hydrogen) atoms. The Labute approximate surface area is 227 Å². The first-order chi connectivity index (χ1) is 19.4. The standard InChI is InChI=1S/C36H21NOS/c1-2-10-22(11-3-1)23-14-8-16-26-27-20-21-30-33(36(27)39-35(23)26)28-13-4-6-17-29(28)37(30)31-18-9-15-25-24-12-5-7-19-32(24)38-34(25)31/h1-21H. The zero-order valence-corrected chi connectivity index (χ0v) is 21.7. The maximum Gasteiger partial charge on any atom is 0.159 e. The SMILES string of the molecule is c1ccc(-c2cccc3c2sc2c3ccc3c2c2ccccc2n3-c2cccc3c2oc2ccccc23)cc1. The number of fused-ring (bicyclic) bond motifs is 10. The summed E-state index contributed by atoms with van der Waals surface area (Å²) < 4.78 is 11.5. The van der Waals surface area contributed by atoms with Crippen LogP contribution in [0.15, 0.2) is 132 Å². The molecule has 0 aliphatic carbocycles. The summed E-state index contributed by atoms with van der Waals surface area (Å²) in [6, 6.07) is 45.6. The normalized spacial score (nSPS) is 12.1. The number of thiophene rings is 1. The van der Waals surface area contributed by atoms with Crippen LogP contribution >= 0.6 is 11.3 Å². The number of rotatable bonds is 2. The van der Waals surface area contributed by atoms with Gasteiger partial charge in [0.05, 0.1) is 16.7 Å². The van der Waals surface area contributed by atoms with Gasteiger partial charge in [0.1, 0.15) is 5.58 Å². The molecule has 3 aromatic heterocycles. The highest BCUT2D eigenvalue weighted by molar-refractivity contribution is 7.27. The van der Waals surface area contributed by atoms with E-state index in [-0.39, 0.29) is 0 Å². The Bertz CT molecular complexity index is 2390. The van der Waals surface area contributed by atoms with Gasteiger partial charge in [-0.15, -0.1) is 11.3 Å². The highest BCUT2D eigenvalue weighted by Crippen LogP contribution is 2.46. The number of furan rings is 1. The predicted octanol–water partition coefficient (Wildman–Crippen LogP) is 10.7. The van der Waals surface area contributed by atoms with Crippen LogP contribution in [0.25, 0.3) is 80.7 Å². The fourth-order valence-corrected chi connectivity index (χ4v) is 7.71. The lowest BCUT2D eigenvalue weighted by Gasteiger charge is -2.08. The quantitative estimate of drug-likeness (QED) is 0.224. The van der Waals surface area contributed by atoms with Crippen molar-refractivity contribution >= 4 is 75.3 Å². The van der Waals surface area contributed by atoms with Gasteiger partial charge in [0.2, 0.25) is 0 Å². The van der Waals surface area contributed by atoms with Gasteiger partial charge in [0.25, 0.3) is 0 Å². The van der Waals surface area contributed by atoms with Crippen molar-refractivity contribution in [2.75, 3.05) is 0 Å². The third-order valence-electron chi connectivity index (χ3n) is 8.01. The summed E-state index contributed by atoms with van der Waals surface area (Å²) in [5.41, 5.74) is 7.84. The minimum atomic E-state index is 0.918. The molecule has 0 fully saturated rings. The van der Waals surface area contributed by atoms with Gasteiger partial charge in [0, 0.05) is 41.7 Å². The van der Waals surface area contributed by atoms with Gasteiger partial charge in [-0.05, 0) is 35.4 Å². The molecule has 0 N–H and O–H groups in total. The van der Waals surface area contributed by atoms with E-state index >= 15 is 0 Å². The number of para-hydroxylation sites is 3. The summed E-state index contributed by atoms with van der Waals surface area (Å²) in [7, 11) is 0. The zero-order chi connectivity index (χ0) is 25.5. The summed E-state index contributed by atoms with van der Waals surface area (Å²) in [6.07, 6.45) is 0. The van der Waals surface area contributed by atoms with Crippen LogP contribution in [0.1, 0.15) is 0 Å². The van der Waals surface area contributed by atoms with Gasteiger partial charge in [-0.2, -0.15) is 0 Å². The Kier molecular flexibility index (Phi) is 4.24. The molecule has 0 unspecified atom stereocenters. The summed E-state index contributed by atoms with van der Waals surface area (Å²) >= 11 is 1.91. The van der Waals surface area contributed by atoms with Crippen molar-refractivity contribution in [1.29, 1.82) is 0 Å². The fraction of sp³-hybridized carbons (Fsp3) is 0. The van der Waals surface area contributed by atoms with Crippen molar-refractivity contribution in [3.8, 4) is 16.8 Å². The molecule has 3 heterocycles. The van der Waals surface area contributed by atoms with Crippen LogP contribution in [0, 0.1) is 0 Å². The molecule has 0 spiro atoms.